The molecule has 0 saturated carbocycles. The zero-order chi connectivity index (χ0) is 43.0. The fourth-order valence-electron chi connectivity index (χ4n) is 9.66. The lowest BCUT2D eigenvalue weighted by atomic mass is 10.0. The van der Waals surface area contributed by atoms with Crippen molar-refractivity contribution in [3.63, 3.8) is 0 Å². The van der Waals surface area contributed by atoms with Crippen molar-refractivity contribution < 1.29 is 0 Å². The number of nitriles is 1. The van der Waals surface area contributed by atoms with E-state index in [1.54, 1.807) is 11.3 Å². The Labute approximate surface area is 377 Å². The number of hydrogen-bond acceptors (Lipinski definition) is 5. The van der Waals surface area contributed by atoms with Gasteiger partial charge in [0.25, 0.3) is 0 Å². The summed E-state index contributed by atoms with van der Waals surface area (Å²) in [7, 11) is 0. The summed E-state index contributed by atoms with van der Waals surface area (Å²) in [5.41, 5.74) is 11.5. The minimum Gasteiger partial charge on any atom is -0.309 e. The second-order valence-electron chi connectivity index (χ2n) is 16.3. The number of nitrogens with zero attached hydrogens (tertiary/aromatic N) is 6. The molecule has 0 radical (unpaired) electrons. The molecule has 6 nitrogen and oxygen atoms in total. The largest absolute Gasteiger partial charge is 0.309 e. The van der Waals surface area contributed by atoms with E-state index in [1.807, 2.05) is 18.2 Å². The molecule has 0 N–H and O–H groups in total. The second-order valence-corrected chi connectivity index (χ2v) is 17.4. The Morgan fingerprint density at radius 2 is 1.00 bits per heavy atom. The molecule has 7 heteroatoms. The van der Waals surface area contributed by atoms with Crippen molar-refractivity contribution in [1.29, 1.82) is 5.26 Å². The van der Waals surface area contributed by atoms with Crippen LogP contribution in [0, 0.1) is 11.3 Å². The van der Waals surface area contributed by atoms with Crippen molar-refractivity contribution in [1.82, 2.24) is 24.1 Å². The summed E-state index contributed by atoms with van der Waals surface area (Å²) in [5.74, 6) is 1.58. The van der Waals surface area contributed by atoms with Crippen LogP contribution in [0.4, 0.5) is 0 Å². The van der Waals surface area contributed by atoms with Crippen molar-refractivity contribution in [3.05, 3.63) is 212 Å². The standard InChI is InChI=1S/C58H34N6S/c59-35-36-23-30-50(64-48-20-10-7-17-42(48)44-29-31-51-54(55(44)64)45-19-8-11-21-49(45)63(51)41-15-5-2-6-16-41)47(33-36)58-61-56(39-26-24-38(25-27-39)37-13-3-1-4-14-37)60-57(62-58)40-28-32-53-46(34-40)43-18-9-12-22-52(43)65-53/h1-34H. The van der Waals surface area contributed by atoms with E-state index in [2.05, 4.69) is 203 Å². The maximum Gasteiger partial charge on any atom is 0.166 e. The van der Waals surface area contributed by atoms with Crippen LogP contribution in [-0.2, 0) is 0 Å². The molecule has 13 aromatic rings. The van der Waals surface area contributed by atoms with Crippen LogP contribution in [0.3, 0.4) is 0 Å². The van der Waals surface area contributed by atoms with Crippen LogP contribution in [0.25, 0.3) is 120 Å². The molecule has 4 heterocycles. The van der Waals surface area contributed by atoms with Crippen molar-refractivity contribution in [2.45, 2.75) is 0 Å². The molecule has 13 rings (SSSR count). The fourth-order valence-corrected chi connectivity index (χ4v) is 10.7. The van der Waals surface area contributed by atoms with Crippen LogP contribution in [0.1, 0.15) is 5.56 Å². The van der Waals surface area contributed by atoms with Crippen molar-refractivity contribution in [2.75, 3.05) is 0 Å². The summed E-state index contributed by atoms with van der Waals surface area (Å²) >= 11 is 1.78. The van der Waals surface area contributed by atoms with Crippen molar-refractivity contribution in [3.8, 4) is 62.7 Å². The number of hydrogen-bond donors (Lipinski definition) is 0. The Kier molecular flexibility index (Phi) is 8.35. The Hall–Kier alpha value is -8.70. The Bertz CT molecular complexity index is 4060. The van der Waals surface area contributed by atoms with Gasteiger partial charge in [-0.05, 0) is 83.9 Å². The molecule has 0 unspecified atom stereocenters. The smallest absolute Gasteiger partial charge is 0.166 e. The zero-order valence-electron chi connectivity index (χ0n) is 34.7. The maximum atomic E-state index is 10.5. The van der Waals surface area contributed by atoms with Crippen LogP contribution >= 0.6 is 11.3 Å². The van der Waals surface area contributed by atoms with Gasteiger partial charge in [-0.1, -0.05) is 133 Å². The first-order valence-corrected chi connectivity index (χ1v) is 22.4. The van der Waals surface area contributed by atoms with Gasteiger partial charge in [0.1, 0.15) is 0 Å². The Morgan fingerprint density at radius 3 is 1.78 bits per heavy atom. The predicted octanol–water partition coefficient (Wildman–Crippen LogP) is 15.0. The van der Waals surface area contributed by atoms with Gasteiger partial charge in [-0.3, -0.25) is 0 Å². The van der Waals surface area contributed by atoms with E-state index in [0.29, 0.717) is 23.0 Å². The summed E-state index contributed by atoms with van der Waals surface area (Å²) in [6, 6.07) is 74.3. The normalized spacial score (nSPS) is 11.7. The minimum atomic E-state index is 0.476. The third-order valence-electron chi connectivity index (χ3n) is 12.6. The van der Waals surface area contributed by atoms with Gasteiger partial charge in [0.05, 0.1) is 39.4 Å². The molecule has 0 bridgehead atoms. The van der Waals surface area contributed by atoms with Crippen molar-refractivity contribution in [2.24, 2.45) is 0 Å². The van der Waals surface area contributed by atoms with Crippen LogP contribution in [0.5, 0.6) is 0 Å². The summed E-state index contributed by atoms with van der Waals surface area (Å²) in [4.78, 5) is 15.9. The van der Waals surface area contributed by atoms with Gasteiger partial charge in [0.15, 0.2) is 17.5 Å². The molecule has 0 aliphatic heterocycles. The predicted molar refractivity (Wildman–Crippen MR) is 268 cm³/mol. The number of fused-ring (bicyclic) bond motifs is 10. The average molecular weight is 847 g/mol. The SMILES string of the molecule is N#Cc1ccc(-n2c3ccccc3c3ccc4c(c5ccccc5n4-c4ccccc4)c32)c(-c2nc(-c3ccc(-c4ccccc4)cc3)nc(-c3ccc4sc5ccccc5c4c3)n2)c1. The first-order chi connectivity index (χ1) is 32.2. The topological polar surface area (TPSA) is 72.3 Å². The van der Waals surface area contributed by atoms with Crippen molar-refractivity contribution >= 4 is 75.1 Å². The molecule has 302 valence electrons. The number of aromatic nitrogens is 5. The quantitative estimate of drug-likeness (QED) is 0.167. The van der Waals surface area contributed by atoms with Gasteiger partial charge < -0.3 is 9.13 Å². The van der Waals surface area contributed by atoms with E-state index in [0.717, 1.165) is 88.2 Å². The monoisotopic (exact) mass is 846 g/mol. The molecule has 0 aliphatic carbocycles. The minimum absolute atomic E-state index is 0.476. The highest BCUT2D eigenvalue weighted by atomic mass is 32.1. The average Bonchev–Trinajstić information content (AvgIpc) is 4.04. The molecular formula is C58H34N6S. The van der Waals surface area contributed by atoms with E-state index in [4.69, 9.17) is 15.0 Å². The van der Waals surface area contributed by atoms with Crippen LogP contribution in [0.2, 0.25) is 0 Å². The summed E-state index contributed by atoms with van der Waals surface area (Å²) in [6.45, 7) is 0. The Balaban J connectivity index is 1.10. The highest BCUT2D eigenvalue weighted by Gasteiger charge is 2.24. The van der Waals surface area contributed by atoms with E-state index < -0.39 is 0 Å². The second kappa shape index (κ2) is 14.7. The number of thiophene rings is 1. The van der Waals surface area contributed by atoms with E-state index in [9.17, 15) is 5.26 Å². The van der Waals surface area contributed by atoms with E-state index in [-0.39, 0.29) is 0 Å². The third-order valence-corrected chi connectivity index (χ3v) is 13.8. The lowest BCUT2D eigenvalue weighted by molar-refractivity contribution is 1.06. The number of benzene rings is 9. The summed E-state index contributed by atoms with van der Waals surface area (Å²) in [6.07, 6.45) is 0. The summed E-state index contributed by atoms with van der Waals surface area (Å²) < 4.78 is 7.15. The third kappa shape index (κ3) is 5.89. The molecule has 0 atom stereocenters. The molecule has 0 spiro atoms. The lowest BCUT2D eigenvalue weighted by Gasteiger charge is -2.16. The van der Waals surface area contributed by atoms with Crippen LogP contribution < -0.4 is 0 Å². The molecule has 0 fully saturated rings. The first kappa shape index (κ1) is 36.9. The van der Waals surface area contributed by atoms with E-state index in [1.165, 1.54) is 14.8 Å². The fraction of sp³-hybridized carbons (Fsp3) is 0. The molecule has 4 aromatic heterocycles. The highest BCUT2D eigenvalue weighted by Crippen LogP contribution is 2.44. The molecule has 0 saturated heterocycles. The van der Waals surface area contributed by atoms with Crippen LogP contribution in [-0.4, -0.2) is 24.1 Å². The maximum absolute atomic E-state index is 10.5. The molecule has 0 amide bonds. The molecule has 65 heavy (non-hydrogen) atoms. The summed E-state index contributed by atoms with van der Waals surface area (Å²) in [5, 5.41) is 17.4. The molecular weight excluding hydrogens is 813 g/mol. The van der Waals surface area contributed by atoms with Gasteiger partial charge >= 0.3 is 0 Å². The highest BCUT2D eigenvalue weighted by molar-refractivity contribution is 7.25. The molecule has 9 aromatic carbocycles. The van der Waals surface area contributed by atoms with Gasteiger partial charge in [-0.15, -0.1) is 11.3 Å². The number of para-hydroxylation sites is 3. The van der Waals surface area contributed by atoms with Gasteiger partial charge in [-0.2, -0.15) is 5.26 Å². The lowest BCUT2D eigenvalue weighted by Crippen LogP contribution is -2.04. The first-order valence-electron chi connectivity index (χ1n) is 21.6. The van der Waals surface area contributed by atoms with Gasteiger partial charge in [0.2, 0.25) is 0 Å². The zero-order valence-corrected chi connectivity index (χ0v) is 35.5. The van der Waals surface area contributed by atoms with Crippen LogP contribution in [0.15, 0.2) is 206 Å². The van der Waals surface area contributed by atoms with Gasteiger partial charge in [0, 0.05) is 64.1 Å². The Morgan fingerprint density at radius 1 is 0.400 bits per heavy atom. The van der Waals surface area contributed by atoms with Gasteiger partial charge in [-0.25, -0.2) is 15.0 Å². The number of rotatable bonds is 6. The molecule has 0 aliphatic rings. The van der Waals surface area contributed by atoms with E-state index >= 15 is 0 Å².